The molecule has 4 rings (SSSR count). The maximum absolute atomic E-state index is 4.50. The smallest absolute Gasteiger partial charge is 0.163 e. The highest BCUT2D eigenvalue weighted by Crippen LogP contribution is 2.33. The third-order valence-electron chi connectivity index (χ3n) is 4.44. The number of hydrogen-bond acceptors (Lipinski definition) is 7. The Labute approximate surface area is 138 Å². The van der Waals surface area contributed by atoms with E-state index in [1.54, 1.807) is 22.3 Å². The Bertz CT molecular complexity index is 816. The first-order valence-corrected chi connectivity index (χ1v) is 8.78. The number of fused-ring (bicyclic) bond motifs is 1. The molecule has 0 amide bonds. The van der Waals surface area contributed by atoms with Gasteiger partial charge in [0.2, 0.25) is 0 Å². The molecule has 0 N–H and O–H groups in total. The first kappa shape index (κ1) is 14.5. The predicted octanol–water partition coefficient (Wildman–Crippen LogP) is 2.16. The van der Waals surface area contributed by atoms with Crippen molar-refractivity contribution in [1.82, 2.24) is 29.9 Å². The minimum atomic E-state index is 0.523. The van der Waals surface area contributed by atoms with Crippen molar-refractivity contribution < 1.29 is 0 Å². The Balaban J connectivity index is 1.52. The van der Waals surface area contributed by atoms with Crippen LogP contribution in [0.2, 0.25) is 0 Å². The second-order valence-electron chi connectivity index (χ2n) is 5.85. The quantitative estimate of drug-likeness (QED) is 0.733. The topological polar surface area (TPSA) is 72.6 Å². The van der Waals surface area contributed by atoms with Crippen LogP contribution in [0.1, 0.15) is 35.7 Å². The van der Waals surface area contributed by atoms with Gasteiger partial charge in [0, 0.05) is 26.1 Å². The van der Waals surface area contributed by atoms with Gasteiger partial charge in [-0.2, -0.15) is 5.10 Å². The van der Waals surface area contributed by atoms with E-state index in [-0.39, 0.29) is 0 Å². The molecule has 1 fully saturated rings. The zero-order valence-electron chi connectivity index (χ0n) is 13.3. The van der Waals surface area contributed by atoms with Gasteiger partial charge in [-0.3, -0.25) is 4.68 Å². The normalized spacial score (nSPS) is 16.3. The van der Waals surface area contributed by atoms with Crippen molar-refractivity contribution >= 4 is 28.2 Å². The van der Waals surface area contributed by atoms with Crippen LogP contribution < -0.4 is 4.90 Å². The summed E-state index contributed by atoms with van der Waals surface area (Å²) in [6.45, 7) is 4.08. The second-order valence-corrected chi connectivity index (χ2v) is 6.95. The van der Waals surface area contributed by atoms with Crippen LogP contribution in [0.25, 0.3) is 11.0 Å². The van der Waals surface area contributed by atoms with Gasteiger partial charge in [0.25, 0.3) is 0 Å². The average Bonchev–Trinajstić information content (AvgIpc) is 3.22. The van der Waals surface area contributed by atoms with Crippen LogP contribution in [0.4, 0.5) is 5.82 Å². The number of anilines is 1. The molecule has 0 saturated carbocycles. The molecule has 3 aromatic heterocycles. The van der Waals surface area contributed by atoms with Crippen LogP contribution >= 0.6 is 11.3 Å². The third kappa shape index (κ3) is 2.56. The summed E-state index contributed by atoms with van der Waals surface area (Å²) in [4.78, 5) is 11.1. The molecule has 120 valence electrons. The summed E-state index contributed by atoms with van der Waals surface area (Å²) in [5, 5.41) is 16.3. The van der Waals surface area contributed by atoms with E-state index in [1.807, 2.05) is 13.2 Å². The van der Waals surface area contributed by atoms with E-state index in [2.05, 4.69) is 37.1 Å². The number of aryl methyl sites for hydroxylation is 2. The highest BCUT2D eigenvalue weighted by Gasteiger charge is 2.25. The van der Waals surface area contributed by atoms with Crippen LogP contribution in [-0.2, 0) is 13.5 Å². The molecule has 8 heteroatoms. The van der Waals surface area contributed by atoms with Crippen LogP contribution in [0.3, 0.4) is 0 Å². The monoisotopic (exact) mass is 329 g/mol. The fraction of sp³-hybridized carbons (Fsp3) is 0.533. The van der Waals surface area contributed by atoms with Gasteiger partial charge in [-0.25, -0.2) is 9.97 Å². The molecule has 23 heavy (non-hydrogen) atoms. The molecular formula is C15H19N7S. The largest absolute Gasteiger partial charge is 0.356 e. The van der Waals surface area contributed by atoms with Crippen molar-refractivity contribution in [3.8, 4) is 0 Å². The van der Waals surface area contributed by atoms with Crippen LogP contribution in [-0.4, -0.2) is 43.0 Å². The van der Waals surface area contributed by atoms with Gasteiger partial charge in [-0.15, -0.1) is 21.5 Å². The molecule has 4 heterocycles. The number of piperidine rings is 1. The first-order chi connectivity index (χ1) is 11.3. The van der Waals surface area contributed by atoms with Gasteiger partial charge < -0.3 is 4.90 Å². The van der Waals surface area contributed by atoms with Crippen molar-refractivity contribution in [3.63, 3.8) is 0 Å². The molecule has 3 aromatic rings. The summed E-state index contributed by atoms with van der Waals surface area (Å²) in [7, 11) is 1.91. The van der Waals surface area contributed by atoms with Crippen LogP contribution in [0.5, 0.6) is 0 Å². The van der Waals surface area contributed by atoms with E-state index in [0.29, 0.717) is 5.92 Å². The maximum Gasteiger partial charge on any atom is 0.163 e. The standard InChI is InChI=1S/C15H19N7S/c1-3-12-19-20-15(23-12)10-4-6-22(7-5-10)14-11-8-18-21(2)13(11)16-9-17-14/h8-10H,3-7H2,1-2H3. The van der Waals surface area contributed by atoms with Crippen molar-refractivity contribution in [3.05, 3.63) is 22.5 Å². The molecule has 0 aromatic carbocycles. The summed E-state index contributed by atoms with van der Waals surface area (Å²) >= 11 is 1.76. The Hall–Kier alpha value is -2.09. The third-order valence-corrected chi connectivity index (χ3v) is 5.67. The molecule has 0 unspecified atom stereocenters. The van der Waals surface area contributed by atoms with Crippen LogP contribution in [0, 0.1) is 0 Å². The van der Waals surface area contributed by atoms with Crippen molar-refractivity contribution in [1.29, 1.82) is 0 Å². The second kappa shape index (κ2) is 5.84. The number of hydrogen-bond donors (Lipinski definition) is 0. The fourth-order valence-corrected chi connectivity index (χ4v) is 4.07. The van der Waals surface area contributed by atoms with E-state index in [1.165, 1.54) is 5.01 Å². The summed E-state index contributed by atoms with van der Waals surface area (Å²) in [5.74, 6) is 1.52. The molecule has 7 nitrogen and oxygen atoms in total. The summed E-state index contributed by atoms with van der Waals surface area (Å²) in [6.07, 6.45) is 6.63. The Kier molecular flexibility index (Phi) is 3.68. The molecular weight excluding hydrogens is 310 g/mol. The zero-order valence-corrected chi connectivity index (χ0v) is 14.1. The Morgan fingerprint density at radius 3 is 2.78 bits per heavy atom. The fourth-order valence-electron chi connectivity index (χ4n) is 3.11. The van der Waals surface area contributed by atoms with Gasteiger partial charge >= 0.3 is 0 Å². The minimum absolute atomic E-state index is 0.523. The van der Waals surface area contributed by atoms with Crippen LogP contribution in [0.15, 0.2) is 12.5 Å². The lowest BCUT2D eigenvalue weighted by molar-refractivity contribution is 0.499. The molecule has 1 aliphatic rings. The van der Waals surface area contributed by atoms with Crippen molar-refractivity contribution in [2.24, 2.45) is 7.05 Å². The van der Waals surface area contributed by atoms with Gasteiger partial charge in [0.15, 0.2) is 5.65 Å². The number of rotatable bonds is 3. The zero-order chi connectivity index (χ0) is 15.8. The van der Waals surface area contributed by atoms with E-state index >= 15 is 0 Å². The Morgan fingerprint density at radius 1 is 1.22 bits per heavy atom. The lowest BCUT2D eigenvalue weighted by Crippen LogP contribution is -2.33. The maximum atomic E-state index is 4.50. The molecule has 1 aliphatic heterocycles. The number of nitrogens with zero attached hydrogens (tertiary/aromatic N) is 7. The average molecular weight is 329 g/mol. The summed E-state index contributed by atoms with van der Waals surface area (Å²) < 4.78 is 1.79. The lowest BCUT2D eigenvalue weighted by atomic mass is 9.97. The highest BCUT2D eigenvalue weighted by atomic mass is 32.1. The van der Waals surface area contributed by atoms with Gasteiger partial charge in [-0.05, 0) is 19.3 Å². The highest BCUT2D eigenvalue weighted by molar-refractivity contribution is 7.11. The van der Waals surface area contributed by atoms with E-state index < -0.39 is 0 Å². The predicted molar refractivity (Wildman–Crippen MR) is 89.8 cm³/mol. The molecule has 0 aliphatic carbocycles. The lowest BCUT2D eigenvalue weighted by Gasteiger charge is -2.31. The van der Waals surface area contributed by atoms with E-state index in [9.17, 15) is 0 Å². The SMILES string of the molecule is CCc1nnc(C2CCN(c3ncnc4c3cnn4C)CC2)s1. The molecule has 0 spiro atoms. The molecule has 0 radical (unpaired) electrons. The van der Waals surface area contributed by atoms with E-state index in [4.69, 9.17) is 0 Å². The molecule has 0 atom stereocenters. The minimum Gasteiger partial charge on any atom is -0.356 e. The molecule has 0 bridgehead atoms. The van der Waals surface area contributed by atoms with Gasteiger partial charge in [0.05, 0.1) is 11.6 Å². The molecule has 1 saturated heterocycles. The van der Waals surface area contributed by atoms with E-state index in [0.717, 1.165) is 54.2 Å². The van der Waals surface area contributed by atoms with Crippen molar-refractivity contribution in [2.75, 3.05) is 18.0 Å². The first-order valence-electron chi connectivity index (χ1n) is 7.96. The van der Waals surface area contributed by atoms with Gasteiger partial charge in [-0.1, -0.05) is 6.92 Å². The van der Waals surface area contributed by atoms with Gasteiger partial charge in [0.1, 0.15) is 22.2 Å². The summed E-state index contributed by atoms with van der Waals surface area (Å²) in [6, 6.07) is 0. The number of aromatic nitrogens is 6. The summed E-state index contributed by atoms with van der Waals surface area (Å²) in [5.41, 5.74) is 0.883. The van der Waals surface area contributed by atoms with Crippen molar-refractivity contribution in [2.45, 2.75) is 32.1 Å². The Morgan fingerprint density at radius 2 is 2.04 bits per heavy atom.